The van der Waals surface area contributed by atoms with Gasteiger partial charge in [-0.15, -0.1) is 0 Å². The highest BCUT2D eigenvalue weighted by Crippen LogP contribution is 2.09. The van der Waals surface area contributed by atoms with Crippen molar-refractivity contribution in [3.8, 4) is 0 Å². The number of nitrogens with one attached hydrogen (secondary N) is 1. The van der Waals surface area contributed by atoms with Gasteiger partial charge in [-0.05, 0) is 18.1 Å². The van der Waals surface area contributed by atoms with Gasteiger partial charge in [-0.1, -0.05) is 25.1 Å². The summed E-state index contributed by atoms with van der Waals surface area (Å²) in [5, 5.41) is 20.1. The van der Waals surface area contributed by atoms with Gasteiger partial charge in [0, 0.05) is 18.5 Å². The molecule has 0 aliphatic heterocycles. The Morgan fingerprint density at radius 2 is 2.00 bits per heavy atom. The van der Waals surface area contributed by atoms with Gasteiger partial charge >= 0.3 is 5.97 Å². The Hall–Kier alpha value is -1.88. The van der Waals surface area contributed by atoms with Crippen LogP contribution in [0.5, 0.6) is 0 Å². The van der Waals surface area contributed by atoms with Crippen LogP contribution in [-0.4, -0.2) is 34.7 Å². The van der Waals surface area contributed by atoms with Crippen molar-refractivity contribution in [3.05, 3.63) is 35.4 Å². The normalized spacial score (nSPS) is 11.9. The average molecular weight is 251 g/mol. The number of hydrogen-bond acceptors (Lipinski definition) is 3. The predicted octanol–water partition coefficient (Wildman–Crippen LogP) is 0.814. The van der Waals surface area contributed by atoms with Crippen LogP contribution in [0.25, 0.3) is 0 Å². The van der Waals surface area contributed by atoms with Gasteiger partial charge in [-0.3, -0.25) is 4.79 Å². The number of carbonyl (C=O) groups excluding carboxylic acids is 1. The molecular weight excluding hydrogens is 234 g/mol. The van der Waals surface area contributed by atoms with Gasteiger partial charge in [0.05, 0.1) is 0 Å². The van der Waals surface area contributed by atoms with Crippen molar-refractivity contribution in [2.75, 3.05) is 6.54 Å². The molecule has 0 aliphatic rings. The second kappa shape index (κ2) is 6.76. The molecule has 98 valence electrons. The lowest BCUT2D eigenvalue weighted by atomic mass is 10.0. The maximum Gasteiger partial charge on any atom is 0.332 e. The molecule has 0 spiro atoms. The highest BCUT2D eigenvalue weighted by atomic mass is 16.4. The Morgan fingerprint density at radius 1 is 1.33 bits per heavy atom. The van der Waals surface area contributed by atoms with E-state index >= 15 is 0 Å². The Morgan fingerprint density at radius 3 is 2.61 bits per heavy atom. The quantitative estimate of drug-likeness (QED) is 0.698. The van der Waals surface area contributed by atoms with Gasteiger partial charge in [-0.2, -0.15) is 0 Å². The molecule has 0 unspecified atom stereocenters. The molecular formula is C13H17NO4. The Labute approximate surface area is 105 Å². The first-order valence-electron chi connectivity index (χ1n) is 5.83. The van der Waals surface area contributed by atoms with Crippen LogP contribution in [-0.2, 0) is 11.2 Å². The van der Waals surface area contributed by atoms with Crippen LogP contribution in [0.4, 0.5) is 0 Å². The van der Waals surface area contributed by atoms with E-state index in [0.717, 1.165) is 12.0 Å². The van der Waals surface area contributed by atoms with Crippen molar-refractivity contribution < 1.29 is 19.8 Å². The lowest BCUT2D eigenvalue weighted by molar-refractivity contribution is -0.146. The number of amides is 1. The maximum absolute atomic E-state index is 11.8. The number of carboxylic acid groups (broad SMARTS) is 1. The van der Waals surface area contributed by atoms with Crippen LogP contribution < -0.4 is 5.32 Å². The van der Waals surface area contributed by atoms with Crippen LogP contribution in [0.15, 0.2) is 24.3 Å². The van der Waals surface area contributed by atoms with E-state index in [1.807, 2.05) is 19.1 Å². The molecule has 0 radical (unpaired) electrons. The Balaban J connectivity index is 2.53. The second-order valence-electron chi connectivity index (χ2n) is 3.91. The zero-order chi connectivity index (χ0) is 13.5. The minimum absolute atomic E-state index is 0.00460. The zero-order valence-corrected chi connectivity index (χ0v) is 10.2. The lowest BCUT2D eigenvalue weighted by Crippen LogP contribution is -2.30. The first kappa shape index (κ1) is 14.2. The fraction of sp³-hybridized carbons (Fsp3) is 0.385. The summed E-state index contributed by atoms with van der Waals surface area (Å²) in [7, 11) is 0. The summed E-state index contributed by atoms with van der Waals surface area (Å²) < 4.78 is 0. The van der Waals surface area contributed by atoms with Crippen molar-refractivity contribution in [1.29, 1.82) is 0 Å². The number of carbonyl (C=O) groups is 2. The van der Waals surface area contributed by atoms with E-state index in [0.29, 0.717) is 5.56 Å². The molecule has 1 aromatic rings. The molecule has 5 nitrogen and oxygen atoms in total. The molecule has 0 heterocycles. The Bertz CT molecular complexity index is 431. The van der Waals surface area contributed by atoms with Gasteiger partial charge in [0.1, 0.15) is 0 Å². The van der Waals surface area contributed by atoms with Crippen LogP contribution in [0.2, 0.25) is 0 Å². The van der Waals surface area contributed by atoms with E-state index in [1.54, 1.807) is 12.1 Å². The monoisotopic (exact) mass is 251 g/mol. The third-order valence-corrected chi connectivity index (χ3v) is 2.63. The zero-order valence-electron chi connectivity index (χ0n) is 10.2. The van der Waals surface area contributed by atoms with Crippen molar-refractivity contribution in [2.45, 2.75) is 25.9 Å². The van der Waals surface area contributed by atoms with Crippen LogP contribution in [0, 0.1) is 0 Å². The van der Waals surface area contributed by atoms with E-state index in [4.69, 9.17) is 10.2 Å². The molecule has 5 heteroatoms. The summed E-state index contributed by atoms with van der Waals surface area (Å²) in [6.45, 7) is 2.09. The van der Waals surface area contributed by atoms with E-state index in [-0.39, 0.29) is 18.9 Å². The number of hydrogen-bond donors (Lipinski definition) is 3. The van der Waals surface area contributed by atoms with Gasteiger partial charge in [0.15, 0.2) is 6.10 Å². The smallest absolute Gasteiger partial charge is 0.332 e. The number of aryl methyl sites for hydroxylation is 1. The Kier molecular flexibility index (Phi) is 5.32. The number of rotatable bonds is 6. The third kappa shape index (κ3) is 3.85. The molecule has 3 N–H and O–H groups in total. The highest BCUT2D eigenvalue weighted by Gasteiger charge is 2.14. The summed E-state index contributed by atoms with van der Waals surface area (Å²) in [6.07, 6.45) is -0.691. The van der Waals surface area contributed by atoms with Gasteiger partial charge in [-0.25, -0.2) is 4.79 Å². The van der Waals surface area contributed by atoms with Gasteiger partial charge in [0.2, 0.25) is 0 Å². The second-order valence-corrected chi connectivity index (χ2v) is 3.91. The largest absolute Gasteiger partial charge is 0.479 e. The molecule has 0 aromatic heterocycles. The van der Waals surface area contributed by atoms with E-state index in [2.05, 4.69) is 5.32 Å². The van der Waals surface area contributed by atoms with Gasteiger partial charge < -0.3 is 15.5 Å². The minimum Gasteiger partial charge on any atom is -0.479 e. The summed E-state index contributed by atoms with van der Waals surface area (Å²) in [4.78, 5) is 22.2. The summed E-state index contributed by atoms with van der Waals surface area (Å²) >= 11 is 0. The summed E-state index contributed by atoms with van der Waals surface area (Å²) in [6, 6.07) is 7.24. The van der Waals surface area contributed by atoms with Crippen LogP contribution >= 0.6 is 0 Å². The minimum atomic E-state index is -1.44. The van der Waals surface area contributed by atoms with Crippen molar-refractivity contribution in [2.24, 2.45) is 0 Å². The van der Waals surface area contributed by atoms with E-state index in [1.165, 1.54) is 0 Å². The number of aliphatic hydroxyl groups excluding tert-OH is 1. The first-order valence-corrected chi connectivity index (χ1v) is 5.83. The maximum atomic E-state index is 11.8. The average Bonchev–Trinajstić information content (AvgIpc) is 2.38. The molecule has 1 aromatic carbocycles. The van der Waals surface area contributed by atoms with Crippen molar-refractivity contribution in [3.63, 3.8) is 0 Å². The number of aliphatic hydroxyl groups is 1. The third-order valence-electron chi connectivity index (χ3n) is 2.63. The van der Waals surface area contributed by atoms with Gasteiger partial charge in [0.25, 0.3) is 5.91 Å². The number of benzene rings is 1. The predicted molar refractivity (Wildman–Crippen MR) is 66.4 cm³/mol. The molecule has 0 bridgehead atoms. The lowest BCUT2D eigenvalue weighted by Gasteiger charge is -2.09. The standard InChI is InChI=1S/C13H17NO4/c1-2-9-5-3-4-6-10(9)12(16)14-8-7-11(15)13(17)18/h3-6,11,15H,2,7-8H2,1H3,(H,14,16)(H,17,18)/t11-/m0/s1. The molecule has 0 saturated carbocycles. The molecule has 1 rings (SSSR count). The molecule has 0 saturated heterocycles. The van der Waals surface area contributed by atoms with E-state index < -0.39 is 12.1 Å². The number of aliphatic carboxylic acids is 1. The first-order chi connectivity index (χ1) is 8.56. The van der Waals surface area contributed by atoms with Crippen LogP contribution in [0.1, 0.15) is 29.3 Å². The molecule has 1 atom stereocenters. The van der Waals surface area contributed by atoms with Crippen LogP contribution in [0.3, 0.4) is 0 Å². The summed E-state index contributed by atoms with van der Waals surface area (Å²) in [5.41, 5.74) is 1.53. The number of carboxylic acids is 1. The van der Waals surface area contributed by atoms with E-state index in [9.17, 15) is 9.59 Å². The summed E-state index contributed by atoms with van der Waals surface area (Å²) in [5.74, 6) is -1.52. The fourth-order valence-corrected chi connectivity index (χ4v) is 1.59. The molecule has 18 heavy (non-hydrogen) atoms. The van der Waals surface area contributed by atoms with Crippen molar-refractivity contribution >= 4 is 11.9 Å². The highest BCUT2D eigenvalue weighted by molar-refractivity contribution is 5.95. The molecule has 0 fully saturated rings. The van der Waals surface area contributed by atoms with Crippen molar-refractivity contribution in [1.82, 2.24) is 5.32 Å². The molecule has 0 aliphatic carbocycles. The SMILES string of the molecule is CCc1ccccc1C(=O)NCC[C@H](O)C(=O)O. The fourth-order valence-electron chi connectivity index (χ4n) is 1.59. The molecule has 1 amide bonds. The topological polar surface area (TPSA) is 86.6 Å².